The molecule has 4 aromatic rings. The van der Waals surface area contributed by atoms with Crippen LogP contribution in [0.1, 0.15) is 56.4 Å². The summed E-state index contributed by atoms with van der Waals surface area (Å²) >= 11 is 5.92. The van der Waals surface area contributed by atoms with E-state index in [0.29, 0.717) is 31.6 Å². The van der Waals surface area contributed by atoms with Crippen LogP contribution in [0, 0.1) is 5.92 Å². The van der Waals surface area contributed by atoms with Crippen LogP contribution >= 0.6 is 12.2 Å². The van der Waals surface area contributed by atoms with Crippen LogP contribution in [0.5, 0.6) is 5.75 Å². The Labute approximate surface area is 340 Å². The van der Waals surface area contributed by atoms with Gasteiger partial charge in [0.2, 0.25) is 5.91 Å². The molecular weight excluding hydrogens is 735 g/mol. The number of aliphatic hydroxyl groups excluding tert-OH is 1. The van der Waals surface area contributed by atoms with Gasteiger partial charge >= 0.3 is 0 Å². The maximum atomic E-state index is 14.7. The maximum absolute atomic E-state index is 14.7. The summed E-state index contributed by atoms with van der Waals surface area (Å²) in [5, 5.41) is 11.7. The molecule has 56 heavy (non-hydrogen) atoms. The van der Waals surface area contributed by atoms with Crippen molar-refractivity contribution in [2.45, 2.75) is 89.1 Å². The molecule has 0 aromatic heterocycles. The number of thiocarbonyl (C=S) groups is 1. The summed E-state index contributed by atoms with van der Waals surface area (Å²) in [4.78, 5) is 16.2. The van der Waals surface area contributed by atoms with Crippen molar-refractivity contribution in [3.05, 3.63) is 162 Å². The van der Waals surface area contributed by atoms with Crippen LogP contribution in [-0.2, 0) is 37.3 Å². The highest BCUT2D eigenvalue weighted by molar-refractivity contribution is 7.80. The number of carbonyl (C=O) groups is 1. The third-order valence-corrected chi connectivity index (χ3v) is 15.9. The van der Waals surface area contributed by atoms with Gasteiger partial charge in [-0.15, -0.1) is 0 Å². The molecule has 4 aromatic carbocycles. The molecule has 1 amide bonds. The molecule has 5 rings (SSSR count). The molecule has 0 bridgehead atoms. The number of amides is 1. The van der Waals surface area contributed by atoms with Gasteiger partial charge in [0.15, 0.2) is 13.9 Å². The van der Waals surface area contributed by atoms with Gasteiger partial charge in [0.25, 0.3) is 5.17 Å². The molecule has 1 aliphatic heterocycles. The number of carbonyl (C=O) groups excluding carboxylic acids is 1. The lowest BCUT2D eigenvalue weighted by Crippen LogP contribution is -2.50. The zero-order valence-corrected chi connectivity index (χ0v) is 35.6. The second-order valence-electron chi connectivity index (χ2n) is 16.0. The standard InChI is InChI=1S/C47H57NO6SSi/c1-34(42(54-56(7,8)46(3,4)5)30-31-52-33-37-25-27-40(51-6)28-26-37)24-29-41(49)35(2)44(50)48-43(32-36-18-12-9-13-19-36)47(53-45(48)55,38-20-14-10-15-21-38)39-22-16-11-17-23-39/h9-29,35,41-43,49H,1,30-33H2,2-8H3/b29-24+/t35-,41+,42-,43-/m0/s1. The van der Waals surface area contributed by atoms with Crippen molar-refractivity contribution in [1.29, 1.82) is 0 Å². The van der Waals surface area contributed by atoms with Crippen LogP contribution in [0.4, 0.5) is 0 Å². The summed E-state index contributed by atoms with van der Waals surface area (Å²) < 4.78 is 25.0. The van der Waals surface area contributed by atoms with E-state index in [2.05, 4.69) is 40.4 Å². The van der Waals surface area contributed by atoms with Gasteiger partial charge in [0.1, 0.15) is 5.75 Å². The first-order valence-electron chi connectivity index (χ1n) is 19.3. The minimum atomic E-state index is -2.21. The first kappa shape index (κ1) is 42.8. The third kappa shape index (κ3) is 9.94. The summed E-state index contributed by atoms with van der Waals surface area (Å²) in [6.45, 7) is 18.0. The van der Waals surface area contributed by atoms with E-state index in [-0.39, 0.29) is 22.2 Å². The molecule has 0 aliphatic carbocycles. The lowest BCUT2D eigenvalue weighted by atomic mass is 9.77. The zero-order chi connectivity index (χ0) is 40.5. The lowest BCUT2D eigenvalue weighted by molar-refractivity contribution is -0.135. The Hall–Kier alpha value is -4.38. The fourth-order valence-corrected chi connectivity index (χ4v) is 8.42. The summed E-state index contributed by atoms with van der Waals surface area (Å²) in [6, 6.07) is 37.2. The topological polar surface area (TPSA) is 77.5 Å². The van der Waals surface area contributed by atoms with Crippen LogP contribution in [0.2, 0.25) is 18.1 Å². The molecule has 7 nitrogen and oxygen atoms in total. The molecule has 0 radical (unpaired) electrons. The first-order chi connectivity index (χ1) is 26.7. The van der Waals surface area contributed by atoms with E-state index in [1.165, 1.54) is 0 Å². The quantitative estimate of drug-likeness (QED) is 0.0494. The van der Waals surface area contributed by atoms with Crippen molar-refractivity contribution in [2.75, 3.05) is 13.7 Å². The summed E-state index contributed by atoms with van der Waals surface area (Å²) in [6.07, 6.45) is 3.00. The molecule has 0 unspecified atom stereocenters. The number of methoxy groups -OCH3 is 1. The summed E-state index contributed by atoms with van der Waals surface area (Å²) in [5.41, 5.74) is 3.47. The van der Waals surface area contributed by atoms with E-state index in [9.17, 15) is 9.90 Å². The second kappa shape index (κ2) is 18.7. The van der Waals surface area contributed by atoms with E-state index in [1.54, 1.807) is 31.1 Å². The van der Waals surface area contributed by atoms with Gasteiger partial charge in [-0.2, -0.15) is 0 Å². The Kier molecular flexibility index (Phi) is 14.3. The number of benzene rings is 4. The van der Waals surface area contributed by atoms with Crippen molar-refractivity contribution in [3.8, 4) is 5.75 Å². The van der Waals surface area contributed by atoms with E-state index < -0.39 is 32.0 Å². The number of aliphatic hydroxyl groups is 1. The van der Waals surface area contributed by atoms with Gasteiger partial charge in [-0.3, -0.25) is 9.69 Å². The van der Waals surface area contributed by atoms with Gasteiger partial charge in [-0.25, -0.2) is 0 Å². The largest absolute Gasteiger partial charge is 0.497 e. The molecule has 0 spiro atoms. The predicted octanol–water partition coefficient (Wildman–Crippen LogP) is 9.80. The molecule has 9 heteroatoms. The molecule has 1 N–H and O–H groups in total. The molecule has 296 valence electrons. The van der Waals surface area contributed by atoms with Crippen LogP contribution in [0.15, 0.2) is 140 Å². The van der Waals surface area contributed by atoms with Gasteiger partial charge in [-0.1, -0.05) is 150 Å². The molecule has 4 atom stereocenters. The summed E-state index contributed by atoms with van der Waals surface area (Å²) in [5.74, 6) is -0.379. The fourth-order valence-electron chi connectivity index (χ4n) is 6.74. The van der Waals surface area contributed by atoms with Crippen molar-refractivity contribution in [1.82, 2.24) is 4.90 Å². The van der Waals surface area contributed by atoms with Crippen LogP contribution in [0.3, 0.4) is 0 Å². The monoisotopic (exact) mass is 791 g/mol. The minimum absolute atomic E-state index is 0.0269. The Morgan fingerprint density at radius 3 is 2.02 bits per heavy atom. The Balaban J connectivity index is 1.37. The molecule has 1 heterocycles. The third-order valence-electron chi connectivity index (χ3n) is 11.2. The predicted molar refractivity (Wildman–Crippen MR) is 231 cm³/mol. The van der Waals surface area contributed by atoms with E-state index in [0.717, 1.165) is 28.0 Å². The smallest absolute Gasteiger partial charge is 0.267 e. The molecule has 1 aliphatic rings. The van der Waals surface area contributed by atoms with Gasteiger partial charge < -0.3 is 23.7 Å². The fraction of sp³-hybridized carbons (Fsp3) is 0.362. The van der Waals surface area contributed by atoms with Gasteiger partial charge in [0.05, 0.1) is 37.9 Å². The van der Waals surface area contributed by atoms with Crippen LogP contribution < -0.4 is 4.74 Å². The number of nitrogens with zero attached hydrogens (tertiary/aromatic N) is 1. The maximum Gasteiger partial charge on any atom is 0.267 e. The van der Waals surface area contributed by atoms with E-state index >= 15 is 0 Å². The minimum Gasteiger partial charge on any atom is -0.497 e. The number of hydrogen-bond donors (Lipinski definition) is 1. The highest BCUT2D eigenvalue weighted by atomic mass is 32.1. The van der Waals surface area contributed by atoms with E-state index in [1.807, 2.05) is 115 Å². The molecule has 1 saturated heterocycles. The molecule has 0 saturated carbocycles. The number of hydrogen-bond acceptors (Lipinski definition) is 7. The van der Waals surface area contributed by atoms with Crippen molar-refractivity contribution in [3.63, 3.8) is 0 Å². The highest BCUT2D eigenvalue weighted by Gasteiger charge is 2.57. The number of rotatable bonds is 17. The molecule has 1 fully saturated rings. The van der Waals surface area contributed by atoms with Crippen LogP contribution in [0.25, 0.3) is 0 Å². The first-order valence-corrected chi connectivity index (χ1v) is 22.6. The van der Waals surface area contributed by atoms with Crippen molar-refractivity contribution in [2.24, 2.45) is 5.92 Å². The lowest BCUT2D eigenvalue weighted by Gasteiger charge is -2.39. The normalized spacial score (nSPS) is 17.3. The Bertz CT molecular complexity index is 1890. The number of ether oxygens (including phenoxy) is 3. The van der Waals surface area contributed by atoms with Crippen LogP contribution in [-0.4, -0.2) is 61.4 Å². The SMILES string of the molecule is C=C(/C=C/[C@@H](O)[C@H](C)C(=O)N1C(=S)OC(c2ccccc2)(c2ccccc2)[C@@H]1Cc1ccccc1)[C@H](CCOCc1ccc(OC)cc1)O[Si](C)(C)C(C)(C)C. The Morgan fingerprint density at radius 1 is 0.929 bits per heavy atom. The van der Waals surface area contributed by atoms with E-state index in [4.69, 9.17) is 30.9 Å². The highest BCUT2D eigenvalue weighted by Crippen LogP contribution is 2.46. The van der Waals surface area contributed by atoms with Crippen molar-refractivity contribution < 1.29 is 28.5 Å². The van der Waals surface area contributed by atoms with Crippen molar-refractivity contribution >= 4 is 31.6 Å². The summed E-state index contributed by atoms with van der Waals surface area (Å²) in [7, 11) is -0.564. The Morgan fingerprint density at radius 2 is 1.48 bits per heavy atom. The average Bonchev–Trinajstić information content (AvgIpc) is 3.49. The average molecular weight is 792 g/mol. The van der Waals surface area contributed by atoms with Gasteiger partial charge in [0, 0.05) is 17.7 Å². The second-order valence-corrected chi connectivity index (χ2v) is 21.1. The molecular formula is C47H57NO6SSi. The zero-order valence-electron chi connectivity index (χ0n) is 33.8. The van der Waals surface area contributed by atoms with Gasteiger partial charge in [-0.05, 0) is 72.0 Å².